The summed E-state index contributed by atoms with van der Waals surface area (Å²) < 4.78 is 0.993. The van der Waals surface area contributed by atoms with Crippen LogP contribution in [0.1, 0.15) is 16.7 Å². The Balaban J connectivity index is 2.62. The highest BCUT2D eigenvalue weighted by molar-refractivity contribution is 6.43. The van der Waals surface area contributed by atoms with Gasteiger partial charge in [0.25, 0.3) is 5.56 Å². The van der Waals surface area contributed by atoms with Crippen LogP contribution in [0.3, 0.4) is 0 Å². The predicted octanol–water partition coefficient (Wildman–Crippen LogP) is 3.33. The van der Waals surface area contributed by atoms with Gasteiger partial charge in [-0.3, -0.25) is 14.4 Å². The van der Waals surface area contributed by atoms with E-state index in [-0.39, 0.29) is 22.0 Å². The summed E-state index contributed by atoms with van der Waals surface area (Å²) in [5.74, 6) is -0.275. The molecule has 0 atom stereocenters. The van der Waals surface area contributed by atoms with Crippen molar-refractivity contribution in [2.75, 3.05) is 0 Å². The van der Waals surface area contributed by atoms with Crippen LogP contribution in [0, 0.1) is 18.3 Å². The first-order valence-electron chi connectivity index (χ1n) is 6.19. The highest BCUT2D eigenvalue weighted by Gasteiger charge is 2.15. The van der Waals surface area contributed by atoms with Gasteiger partial charge in [-0.25, -0.2) is 0 Å². The maximum Gasteiger partial charge on any atom is 0.271 e. The number of nitriles is 1. The molecule has 22 heavy (non-hydrogen) atoms. The van der Waals surface area contributed by atoms with Crippen molar-refractivity contribution in [1.82, 2.24) is 4.57 Å². The molecule has 0 aliphatic heterocycles. The number of aromatic nitrogens is 1. The lowest BCUT2D eigenvalue weighted by molar-refractivity contribution is 0.421. The van der Waals surface area contributed by atoms with Crippen LogP contribution < -0.4 is 5.56 Å². The second-order valence-corrected chi connectivity index (χ2v) is 5.33. The molecule has 0 saturated carbocycles. The highest BCUT2D eigenvalue weighted by atomic mass is 35.5. The minimum absolute atomic E-state index is 0.0426. The van der Waals surface area contributed by atoms with Crippen LogP contribution >= 0.6 is 23.2 Å². The third kappa shape index (κ3) is 2.71. The molecule has 1 aromatic heterocycles. The summed E-state index contributed by atoms with van der Waals surface area (Å²) in [6, 6.07) is 6.81. The molecule has 0 bridgehead atoms. The normalized spacial score (nSPS) is 10.9. The smallest absolute Gasteiger partial charge is 0.271 e. The molecule has 0 aliphatic carbocycles. The summed E-state index contributed by atoms with van der Waals surface area (Å²) in [5, 5.41) is 19.8. The Morgan fingerprint density at radius 2 is 2.09 bits per heavy atom. The molecule has 0 spiro atoms. The SMILES string of the molecule is Cc1c(C=Nc2cccc(Cl)c2Cl)c(O)n(C)c(=O)c1C#N. The fourth-order valence-electron chi connectivity index (χ4n) is 1.92. The second-order valence-electron chi connectivity index (χ2n) is 4.54. The zero-order valence-corrected chi connectivity index (χ0v) is 13.3. The maximum absolute atomic E-state index is 11.9. The van der Waals surface area contributed by atoms with Gasteiger partial charge in [0.1, 0.15) is 11.6 Å². The minimum Gasteiger partial charge on any atom is -0.494 e. The van der Waals surface area contributed by atoms with Crippen LogP contribution in [0.25, 0.3) is 0 Å². The van der Waals surface area contributed by atoms with Crippen LogP contribution in [0.4, 0.5) is 5.69 Å². The van der Waals surface area contributed by atoms with E-state index < -0.39 is 5.56 Å². The van der Waals surface area contributed by atoms with Crippen molar-refractivity contribution in [1.29, 1.82) is 5.26 Å². The van der Waals surface area contributed by atoms with Crippen molar-refractivity contribution in [3.05, 3.63) is 55.3 Å². The van der Waals surface area contributed by atoms with Gasteiger partial charge in [-0.05, 0) is 24.6 Å². The van der Waals surface area contributed by atoms with Crippen LogP contribution in [0.15, 0.2) is 28.0 Å². The van der Waals surface area contributed by atoms with E-state index in [2.05, 4.69) is 4.99 Å². The van der Waals surface area contributed by atoms with Gasteiger partial charge in [0, 0.05) is 13.3 Å². The zero-order valence-electron chi connectivity index (χ0n) is 11.8. The van der Waals surface area contributed by atoms with E-state index in [4.69, 9.17) is 28.5 Å². The fraction of sp³-hybridized carbons (Fsp3) is 0.133. The van der Waals surface area contributed by atoms with Gasteiger partial charge in [-0.15, -0.1) is 0 Å². The number of benzene rings is 1. The van der Waals surface area contributed by atoms with Crippen molar-refractivity contribution in [3.63, 3.8) is 0 Å². The molecule has 2 aromatic rings. The quantitative estimate of drug-likeness (QED) is 0.855. The molecule has 0 fully saturated rings. The van der Waals surface area contributed by atoms with Gasteiger partial charge in [-0.1, -0.05) is 29.3 Å². The minimum atomic E-state index is -0.560. The molecule has 2 rings (SSSR count). The van der Waals surface area contributed by atoms with E-state index >= 15 is 0 Å². The number of hydrogen-bond acceptors (Lipinski definition) is 4. The Labute approximate surface area is 136 Å². The van der Waals surface area contributed by atoms with Crippen molar-refractivity contribution in [3.8, 4) is 11.9 Å². The zero-order chi connectivity index (χ0) is 16.4. The number of aromatic hydroxyl groups is 1. The van der Waals surface area contributed by atoms with E-state index in [9.17, 15) is 9.90 Å². The molecule has 5 nitrogen and oxygen atoms in total. The summed E-state index contributed by atoms with van der Waals surface area (Å²) in [6.45, 7) is 1.57. The third-order valence-electron chi connectivity index (χ3n) is 3.23. The van der Waals surface area contributed by atoms with Gasteiger partial charge >= 0.3 is 0 Å². The molecule has 0 unspecified atom stereocenters. The molecule has 0 saturated heterocycles. The highest BCUT2D eigenvalue weighted by Crippen LogP contribution is 2.32. The topological polar surface area (TPSA) is 78.4 Å². The molecular formula is C15H11Cl2N3O2. The standard InChI is InChI=1S/C15H11Cl2N3O2/c1-8-9(6-18)14(21)20(2)15(22)10(8)7-19-12-5-3-4-11(16)13(12)17/h3-5,7,22H,1-2H3. The van der Waals surface area contributed by atoms with Crippen molar-refractivity contribution >= 4 is 35.1 Å². The average Bonchev–Trinajstić information content (AvgIpc) is 2.49. The molecule has 0 amide bonds. The molecule has 112 valence electrons. The van der Waals surface area contributed by atoms with Gasteiger partial charge in [0.05, 0.1) is 21.3 Å². The molecule has 0 aliphatic rings. The second kappa shape index (κ2) is 6.22. The largest absolute Gasteiger partial charge is 0.494 e. The number of halogens is 2. The number of nitrogens with zero attached hydrogens (tertiary/aromatic N) is 3. The number of rotatable bonds is 2. The Morgan fingerprint density at radius 1 is 1.41 bits per heavy atom. The Hall–Kier alpha value is -2.29. The third-order valence-corrected chi connectivity index (χ3v) is 4.04. The Kier molecular flexibility index (Phi) is 4.55. The molecule has 1 N–H and O–H groups in total. The number of hydrogen-bond donors (Lipinski definition) is 1. The van der Waals surface area contributed by atoms with Gasteiger partial charge in [0.2, 0.25) is 5.88 Å². The Bertz CT molecular complexity index is 880. The van der Waals surface area contributed by atoms with Crippen molar-refractivity contribution < 1.29 is 5.11 Å². The lowest BCUT2D eigenvalue weighted by atomic mass is 10.1. The fourth-order valence-corrected chi connectivity index (χ4v) is 2.26. The first-order valence-corrected chi connectivity index (χ1v) is 6.94. The summed E-state index contributed by atoms with van der Waals surface area (Å²) >= 11 is 11.9. The van der Waals surface area contributed by atoms with E-state index in [1.807, 2.05) is 6.07 Å². The van der Waals surface area contributed by atoms with Gasteiger partial charge in [-0.2, -0.15) is 5.26 Å². The molecule has 7 heteroatoms. The number of pyridine rings is 1. The van der Waals surface area contributed by atoms with E-state index in [1.54, 1.807) is 25.1 Å². The average molecular weight is 336 g/mol. The Morgan fingerprint density at radius 3 is 2.73 bits per heavy atom. The summed E-state index contributed by atoms with van der Waals surface area (Å²) in [4.78, 5) is 16.0. The van der Waals surface area contributed by atoms with E-state index in [0.717, 1.165) is 4.57 Å². The number of aliphatic imine (C=N–C) groups is 1. The molecular weight excluding hydrogens is 325 g/mol. The molecule has 1 heterocycles. The predicted molar refractivity (Wildman–Crippen MR) is 86.5 cm³/mol. The van der Waals surface area contributed by atoms with Gasteiger partial charge < -0.3 is 5.11 Å². The van der Waals surface area contributed by atoms with Crippen LogP contribution in [0.2, 0.25) is 10.0 Å². The van der Waals surface area contributed by atoms with Gasteiger partial charge in [0.15, 0.2) is 0 Å². The summed E-state index contributed by atoms with van der Waals surface area (Å²) in [6.07, 6.45) is 1.35. The lowest BCUT2D eigenvalue weighted by Crippen LogP contribution is -2.22. The summed E-state index contributed by atoms with van der Waals surface area (Å²) in [7, 11) is 1.38. The van der Waals surface area contributed by atoms with Crippen LogP contribution in [-0.2, 0) is 7.05 Å². The van der Waals surface area contributed by atoms with Crippen molar-refractivity contribution in [2.45, 2.75) is 6.92 Å². The van der Waals surface area contributed by atoms with Crippen LogP contribution in [0.5, 0.6) is 5.88 Å². The van der Waals surface area contributed by atoms with E-state index in [0.29, 0.717) is 16.3 Å². The molecule has 0 radical (unpaired) electrons. The molecule has 1 aromatic carbocycles. The monoisotopic (exact) mass is 335 g/mol. The lowest BCUT2D eigenvalue weighted by Gasteiger charge is -2.09. The van der Waals surface area contributed by atoms with Crippen molar-refractivity contribution in [2.24, 2.45) is 12.0 Å². The first-order chi connectivity index (χ1) is 10.4. The first kappa shape index (κ1) is 16.1. The van der Waals surface area contributed by atoms with Crippen LogP contribution in [-0.4, -0.2) is 15.9 Å². The maximum atomic E-state index is 11.9. The van der Waals surface area contributed by atoms with E-state index in [1.165, 1.54) is 13.3 Å². The summed E-state index contributed by atoms with van der Waals surface area (Å²) in [5.41, 5.74) is 0.439.